The molecule has 0 atom stereocenters. The Bertz CT molecular complexity index is 1170. The van der Waals surface area contributed by atoms with E-state index < -0.39 is 5.82 Å². The minimum Gasteiger partial charge on any atom is -0.494 e. The first kappa shape index (κ1) is 16.1. The summed E-state index contributed by atoms with van der Waals surface area (Å²) in [5, 5.41) is 1.37. The van der Waals surface area contributed by atoms with Gasteiger partial charge in [0.05, 0.1) is 30.5 Å². The number of rotatable bonds is 3. The molecule has 0 amide bonds. The Morgan fingerprint density at radius 2 is 2.16 bits per heavy atom. The molecule has 4 aromatic rings. The van der Waals surface area contributed by atoms with Crippen molar-refractivity contribution in [1.29, 1.82) is 0 Å². The van der Waals surface area contributed by atoms with Gasteiger partial charge in [-0.05, 0) is 29.8 Å². The van der Waals surface area contributed by atoms with Crippen LogP contribution in [0, 0.1) is 5.82 Å². The summed E-state index contributed by atoms with van der Waals surface area (Å²) in [5.41, 5.74) is 1.09. The topological polar surface area (TPSA) is 44.1 Å². The number of hydrogen-bond donors (Lipinski definition) is 0. The summed E-state index contributed by atoms with van der Waals surface area (Å²) < 4.78 is 21.7. The van der Waals surface area contributed by atoms with Gasteiger partial charge in [0.25, 0.3) is 5.56 Å². The van der Waals surface area contributed by atoms with Gasteiger partial charge in [0.15, 0.2) is 11.6 Å². The van der Waals surface area contributed by atoms with Crippen LogP contribution in [0.15, 0.2) is 47.5 Å². The van der Waals surface area contributed by atoms with Gasteiger partial charge in [0.2, 0.25) is 0 Å². The van der Waals surface area contributed by atoms with Gasteiger partial charge in [-0.2, -0.15) is 0 Å². The number of ether oxygens (including phenoxy) is 1. The van der Waals surface area contributed by atoms with Crippen LogP contribution < -0.4 is 10.3 Å². The largest absolute Gasteiger partial charge is 0.494 e. The number of nitrogens with zero attached hydrogens (tertiary/aromatic N) is 2. The van der Waals surface area contributed by atoms with Crippen LogP contribution >= 0.6 is 22.9 Å². The molecule has 0 N–H and O–H groups in total. The van der Waals surface area contributed by atoms with E-state index in [1.54, 1.807) is 18.2 Å². The highest BCUT2D eigenvalue weighted by molar-refractivity contribution is 7.25. The van der Waals surface area contributed by atoms with E-state index in [0.29, 0.717) is 20.8 Å². The molecule has 2 heterocycles. The zero-order chi connectivity index (χ0) is 17.6. The van der Waals surface area contributed by atoms with E-state index in [9.17, 15) is 9.18 Å². The summed E-state index contributed by atoms with van der Waals surface area (Å²) >= 11 is 7.61. The second kappa shape index (κ2) is 6.13. The summed E-state index contributed by atoms with van der Waals surface area (Å²) in [4.78, 5) is 17.2. The molecule has 0 aliphatic heterocycles. The molecule has 0 aliphatic rings. The summed E-state index contributed by atoms with van der Waals surface area (Å²) in [6.45, 7) is 0.227. The Morgan fingerprint density at radius 3 is 2.92 bits per heavy atom. The number of benzene rings is 2. The van der Waals surface area contributed by atoms with Crippen LogP contribution in [0.25, 0.3) is 20.3 Å². The second-order valence-electron chi connectivity index (χ2n) is 5.54. The highest BCUT2D eigenvalue weighted by atomic mass is 35.5. The molecule has 0 bridgehead atoms. The van der Waals surface area contributed by atoms with Crippen LogP contribution in [0.5, 0.6) is 5.75 Å². The summed E-state index contributed by atoms with van der Waals surface area (Å²) in [5.74, 6) is -0.292. The number of halogens is 2. The quantitative estimate of drug-likeness (QED) is 0.531. The zero-order valence-corrected chi connectivity index (χ0v) is 14.7. The fourth-order valence-electron chi connectivity index (χ4n) is 2.79. The molecular formula is C18H12ClFN2O2S. The zero-order valence-electron chi connectivity index (χ0n) is 13.1. The maximum Gasteiger partial charge on any atom is 0.271 e. The molecule has 0 fully saturated rings. The fraction of sp³-hybridized carbons (Fsp3) is 0.111. The highest BCUT2D eigenvalue weighted by Crippen LogP contribution is 2.35. The van der Waals surface area contributed by atoms with Crippen LogP contribution in [0.4, 0.5) is 4.39 Å². The number of thiophene rings is 1. The van der Waals surface area contributed by atoms with Gasteiger partial charge in [-0.3, -0.25) is 9.36 Å². The van der Waals surface area contributed by atoms with Crippen molar-refractivity contribution in [3.8, 4) is 5.75 Å². The lowest BCUT2D eigenvalue weighted by Gasteiger charge is -2.07. The minimum atomic E-state index is -0.462. The third kappa shape index (κ3) is 2.67. The van der Waals surface area contributed by atoms with E-state index in [4.69, 9.17) is 16.3 Å². The number of aromatic nitrogens is 2. The lowest BCUT2D eigenvalue weighted by Crippen LogP contribution is -2.20. The van der Waals surface area contributed by atoms with Crippen molar-refractivity contribution in [3.63, 3.8) is 0 Å². The normalized spacial score (nSPS) is 11.3. The monoisotopic (exact) mass is 374 g/mol. The summed E-state index contributed by atoms with van der Waals surface area (Å²) in [6.07, 6.45) is 1.47. The maximum atomic E-state index is 13.9. The van der Waals surface area contributed by atoms with Crippen LogP contribution in [-0.4, -0.2) is 16.7 Å². The first-order valence-electron chi connectivity index (χ1n) is 7.47. The van der Waals surface area contributed by atoms with Crippen molar-refractivity contribution < 1.29 is 9.13 Å². The molecule has 2 aromatic carbocycles. The van der Waals surface area contributed by atoms with Crippen molar-refractivity contribution in [3.05, 3.63) is 69.5 Å². The predicted molar refractivity (Wildman–Crippen MR) is 98.5 cm³/mol. The first-order chi connectivity index (χ1) is 12.1. The molecule has 7 heteroatoms. The van der Waals surface area contributed by atoms with E-state index in [2.05, 4.69) is 4.98 Å². The summed E-state index contributed by atoms with van der Waals surface area (Å²) in [7, 11) is 1.41. The van der Waals surface area contributed by atoms with Crippen molar-refractivity contribution >= 4 is 43.2 Å². The maximum absolute atomic E-state index is 13.9. The van der Waals surface area contributed by atoms with Crippen LogP contribution in [-0.2, 0) is 6.54 Å². The van der Waals surface area contributed by atoms with Gasteiger partial charge >= 0.3 is 0 Å². The molecule has 126 valence electrons. The lowest BCUT2D eigenvalue weighted by atomic mass is 10.2. The average molecular weight is 375 g/mol. The van der Waals surface area contributed by atoms with E-state index >= 15 is 0 Å². The minimum absolute atomic E-state index is 0.168. The number of hydrogen-bond acceptors (Lipinski definition) is 4. The van der Waals surface area contributed by atoms with Crippen molar-refractivity contribution in [1.82, 2.24) is 9.55 Å². The molecule has 4 rings (SSSR count). The fourth-order valence-corrected chi connectivity index (χ4v) is 4.24. The molecular weight excluding hydrogens is 363 g/mol. The summed E-state index contributed by atoms with van der Waals surface area (Å²) in [6, 6.07) is 10.2. The molecule has 25 heavy (non-hydrogen) atoms. The molecule has 4 nitrogen and oxygen atoms in total. The van der Waals surface area contributed by atoms with Crippen molar-refractivity contribution in [2.75, 3.05) is 7.11 Å². The number of fused-ring (bicyclic) bond motifs is 3. The second-order valence-corrected chi connectivity index (χ2v) is 7.00. The number of methoxy groups -OCH3 is 1. The van der Waals surface area contributed by atoms with Crippen molar-refractivity contribution in [2.45, 2.75) is 6.54 Å². The van der Waals surface area contributed by atoms with Gasteiger partial charge in [-0.25, -0.2) is 9.37 Å². The van der Waals surface area contributed by atoms with E-state index in [1.165, 1.54) is 35.4 Å². The lowest BCUT2D eigenvalue weighted by molar-refractivity contribution is 0.386. The molecule has 0 aliphatic carbocycles. The smallest absolute Gasteiger partial charge is 0.271 e. The van der Waals surface area contributed by atoms with E-state index in [1.807, 2.05) is 12.1 Å². The predicted octanol–water partition coefficient (Wildman–Crippen LogP) is 4.46. The first-order valence-corrected chi connectivity index (χ1v) is 8.66. The molecule has 0 saturated carbocycles. The Hall–Kier alpha value is -2.44. The van der Waals surface area contributed by atoms with Crippen LogP contribution in [0.1, 0.15) is 5.56 Å². The molecule has 2 aromatic heterocycles. The Morgan fingerprint density at radius 1 is 1.32 bits per heavy atom. The van der Waals surface area contributed by atoms with Gasteiger partial charge in [0, 0.05) is 10.1 Å². The Labute approximate surface area is 151 Å². The SMILES string of the molecule is COc1ccc(Cn2cnc3c(sc4cccc(Cl)c43)c2=O)cc1F. The Kier molecular flexibility index (Phi) is 3.94. The third-order valence-electron chi connectivity index (χ3n) is 3.99. The molecule has 0 radical (unpaired) electrons. The van der Waals surface area contributed by atoms with E-state index in [0.717, 1.165) is 10.1 Å². The molecule has 0 unspecified atom stereocenters. The molecule has 0 spiro atoms. The van der Waals surface area contributed by atoms with E-state index in [-0.39, 0.29) is 17.9 Å². The van der Waals surface area contributed by atoms with Gasteiger partial charge < -0.3 is 4.74 Å². The highest BCUT2D eigenvalue weighted by Gasteiger charge is 2.14. The Balaban J connectivity index is 1.82. The van der Waals surface area contributed by atoms with Gasteiger partial charge in [-0.1, -0.05) is 23.7 Å². The van der Waals surface area contributed by atoms with Crippen LogP contribution in [0.2, 0.25) is 5.02 Å². The standard InChI is InChI=1S/C18H12ClFN2O2S/c1-24-13-6-5-10(7-12(13)20)8-22-9-21-16-15-11(19)3-2-4-14(15)25-17(16)18(22)23/h2-7,9H,8H2,1H3. The van der Waals surface area contributed by atoms with Gasteiger partial charge in [0.1, 0.15) is 4.70 Å². The molecule has 0 saturated heterocycles. The third-order valence-corrected chi connectivity index (χ3v) is 5.44. The van der Waals surface area contributed by atoms with Crippen LogP contribution in [0.3, 0.4) is 0 Å². The average Bonchev–Trinajstić information content (AvgIpc) is 2.98. The van der Waals surface area contributed by atoms with Crippen molar-refractivity contribution in [2.24, 2.45) is 0 Å². The van der Waals surface area contributed by atoms with Gasteiger partial charge in [-0.15, -0.1) is 11.3 Å².